The number of hydrogen-bond donors (Lipinski definition) is 0. The van der Waals surface area contributed by atoms with E-state index >= 15 is 0 Å². The van der Waals surface area contributed by atoms with Crippen molar-refractivity contribution >= 4 is 0 Å². The number of nitrogens with zero attached hydrogens (tertiary/aromatic N) is 4. The molecule has 0 aliphatic rings. The third kappa shape index (κ3) is 3.22. The van der Waals surface area contributed by atoms with Crippen molar-refractivity contribution in [3.8, 4) is 45.8 Å². The van der Waals surface area contributed by atoms with Crippen LogP contribution in [0, 0.1) is 23.3 Å². The Bertz CT molecular complexity index is 1280. The predicted molar refractivity (Wildman–Crippen MR) is 104 cm³/mol. The Morgan fingerprint density at radius 3 is 1.09 bits per heavy atom. The first-order valence-electron chi connectivity index (χ1n) is 9.19. The van der Waals surface area contributed by atoms with Gasteiger partial charge >= 0.3 is 0 Å². The SMILES string of the molecule is Fc1c(F)c(-c2nnc(-c3ccccc3)o2)c(F)c(F)c1-c1nnc(-c2ccccc2)o1. The Hall–Kier alpha value is -4.34. The average Bonchev–Trinajstić information content (AvgIpc) is 3.50. The lowest BCUT2D eigenvalue weighted by Gasteiger charge is -2.07. The van der Waals surface area contributed by atoms with Crippen molar-refractivity contribution in [1.29, 1.82) is 0 Å². The Kier molecular flexibility index (Phi) is 4.74. The predicted octanol–water partition coefficient (Wildman–Crippen LogP) is 5.68. The van der Waals surface area contributed by atoms with Crippen molar-refractivity contribution in [2.45, 2.75) is 0 Å². The van der Waals surface area contributed by atoms with E-state index in [0.29, 0.717) is 11.1 Å². The topological polar surface area (TPSA) is 77.8 Å². The van der Waals surface area contributed by atoms with Gasteiger partial charge in [-0.25, -0.2) is 17.6 Å². The lowest BCUT2D eigenvalue weighted by atomic mass is 10.1. The van der Waals surface area contributed by atoms with E-state index in [1.165, 1.54) is 0 Å². The molecule has 0 radical (unpaired) electrons. The second-order valence-corrected chi connectivity index (χ2v) is 6.56. The molecule has 5 rings (SSSR count). The minimum atomic E-state index is -1.73. The Balaban J connectivity index is 1.59. The van der Waals surface area contributed by atoms with Crippen molar-refractivity contribution in [3.63, 3.8) is 0 Å². The van der Waals surface area contributed by atoms with E-state index in [4.69, 9.17) is 8.83 Å². The molecule has 2 aromatic heterocycles. The zero-order valence-corrected chi connectivity index (χ0v) is 15.9. The first kappa shape index (κ1) is 19.6. The van der Waals surface area contributed by atoms with Gasteiger partial charge in [0.05, 0.1) is 0 Å². The molecule has 0 unspecified atom stereocenters. The van der Waals surface area contributed by atoms with Gasteiger partial charge < -0.3 is 8.83 Å². The molecular formula is C22H10F4N4O2. The van der Waals surface area contributed by atoms with Gasteiger partial charge in [0.25, 0.3) is 11.8 Å². The molecule has 158 valence electrons. The Morgan fingerprint density at radius 1 is 0.438 bits per heavy atom. The van der Waals surface area contributed by atoms with Crippen LogP contribution in [-0.2, 0) is 0 Å². The zero-order chi connectivity index (χ0) is 22.2. The summed E-state index contributed by atoms with van der Waals surface area (Å²) in [5.74, 6) is -8.54. The van der Waals surface area contributed by atoms with E-state index < -0.39 is 46.2 Å². The van der Waals surface area contributed by atoms with Crippen LogP contribution in [0.3, 0.4) is 0 Å². The van der Waals surface area contributed by atoms with Crippen molar-refractivity contribution in [1.82, 2.24) is 20.4 Å². The van der Waals surface area contributed by atoms with Gasteiger partial charge in [0.2, 0.25) is 11.8 Å². The minimum absolute atomic E-state index is 0.0753. The van der Waals surface area contributed by atoms with Gasteiger partial charge in [-0.15, -0.1) is 20.4 Å². The van der Waals surface area contributed by atoms with Crippen LogP contribution in [0.4, 0.5) is 17.6 Å². The molecule has 5 aromatic rings. The average molecular weight is 438 g/mol. The van der Waals surface area contributed by atoms with E-state index in [-0.39, 0.29) is 11.8 Å². The van der Waals surface area contributed by atoms with Crippen LogP contribution < -0.4 is 0 Å². The molecule has 0 N–H and O–H groups in total. The van der Waals surface area contributed by atoms with Crippen LogP contribution in [0.2, 0.25) is 0 Å². The fraction of sp³-hybridized carbons (Fsp3) is 0. The van der Waals surface area contributed by atoms with Gasteiger partial charge in [0.1, 0.15) is 11.1 Å². The summed E-state index contributed by atoms with van der Waals surface area (Å²) in [5, 5.41) is 14.4. The molecular weight excluding hydrogens is 428 g/mol. The number of hydrogen-bond acceptors (Lipinski definition) is 6. The highest BCUT2D eigenvalue weighted by atomic mass is 19.2. The van der Waals surface area contributed by atoms with Gasteiger partial charge in [-0.2, -0.15) is 0 Å². The third-order valence-corrected chi connectivity index (χ3v) is 4.58. The van der Waals surface area contributed by atoms with Crippen LogP contribution in [0.25, 0.3) is 45.8 Å². The normalized spacial score (nSPS) is 11.1. The van der Waals surface area contributed by atoms with Crippen LogP contribution in [0.5, 0.6) is 0 Å². The number of aromatic nitrogens is 4. The summed E-state index contributed by atoms with van der Waals surface area (Å²) in [6, 6.07) is 16.7. The summed E-state index contributed by atoms with van der Waals surface area (Å²) in [4.78, 5) is 0. The fourth-order valence-corrected chi connectivity index (χ4v) is 3.05. The monoisotopic (exact) mass is 438 g/mol. The summed E-state index contributed by atoms with van der Waals surface area (Å²) < 4.78 is 69.8. The molecule has 0 atom stereocenters. The minimum Gasteiger partial charge on any atom is -0.416 e. The maximum absolute atomic E-state index is 14.8. The van der Waals surface area contributed by atoms with E-state index in [2.05, 4.69) is 20.4 Å². The van der Waals surface area contributed by atoms with Crippen molar-refractivity contribution < 1.29 is 26.4 Å². The lowest BCUT2D eigenvalue weighted by molar-refractivity contribution is 0.448. The molecule has 2 heterocycles. The van der Waals surface area contributed by atoms with E-state index in [0.717, 1.165) is 0 Å². The molecule has 0 saturated carbocycles. The fourth-order valence-electron chi connectivity index (χ4n) is 3.05. The molecule has 32 heavy (non-hydrogen) atoms. The summed E-state index contributed by atoms with van der Waals surface area (Å²) in [5.41, 5.74) is -1.35. The zero-order valence-electron chi connectivity index (χ0n) is 15.9. The smallest absolute Gasteiger partial charge is 0.254 e. The summed E-state index contributed by atoms with van der Waals surface area (Å²) in [7, 11) is 0. The molecule has 0 aliphatic heterocycles. The van der Waals surface area contributed by atoms with Gasteiger partial charge in [-0.3, -0.25) is 0 Å². The summed E-state index contributed by atoms with van der Waals surface area (Å²) in [6.07, 6.45) is 0. The quantitative estimate of drug-likeness (QED) is 0.266. The molecule has 3 aromatic carbocycles. The molecule has 0 bridgehead atoms. The van der Waals surface area contributed by atoms with Crippen LogP contribution in [-0.4, -0.2) is 20.4 Å². The maximum Gasteiger partial charge on any atom is 0.254 e. The number of rotatable bonds is 4. The Morgan fingerprint density at radius 2 is 0.750 bits per heavy atom. The highest BCUT2D eigenvalue weighted by Crippen LogP contribution is 2.37. The number of halogens is 4. The van der Waals surface area contributed by atoms with Crippen LogP contribution in [0.15, 0.2) is 69.5 Å². The van der Waals surface area contributed by atoms with Crippen LogP contribution >= 0.6 is 0 Å². The maximum atomic E-state index is 14.8. The van der Waals surface area contributed by atoms with Crippen molar-refractivity contribution in [2.24, 2.45) is 0 Å². The molecule has 0 amide bonds. The number of benzene rings is 3. The first-order chi connectivity index (χ1) is 15.5. The molecule has 0 saturated heterocycles. The van der Waals surface area contributed by atoms with Gasteiger partial charge in [0, 0.05) is 11.1 Å². The standard InChI is InChI=1S/C22H10F4N4O2/c23-15-13(21-29-27-19(31-21)11-7-3-1-4-8-11)16(24)18(26)14(17(15)25)22-30-28-20(32-22)12-9-5-2-6-10-12/h1-10H. The van der Waals surface area contributed by atoms with Gasteiger partial charge in [-0.1, -0.05) is 36.4 Å². The Labute approximate surface area is 177 Å². The highest BCUT2D eigenvalue weighted by Gasteiger charge is 2.32. The lowest BCUT2D eigenvalue weighted by Crippen LogP contribution is -2.04. The highest BCUT2D eigenvalue weighted by molar-refractivity contribution is 5.67. The van der Waals surface area contributed by atoms with E-state index in [1.54, 1.807) is 60.7 Å². The second kappa shape index (κ2) is 7.73. The van der Waals surface area contributed by atoms with E-state index in [1.807, 2.05) is 0 Å². The largest absolute Gasteiger partial charge is 0.416 e. The molecule has 6 nitrogen and oxygen atoms in total. The van der Waals surface area contributed by atoms with Gasteiger partial charge in [-0.05, 0) is 24.3 Å². The molecule has 10 heteroatoms. The van der Waals surface area contributed by atoms with Crippen LogP contribution in [0.1, 0.15) is 0 Å². The van der Waals surface area contributed by atoms with Gasteiger partial charge in [0.15, 0.2) is 23.3 Å². The molecule has 0 spiro atoms. The second-order valence-electron chi connectivity index (χ2n) is 6.56. The molecule has 0 aliphatic carbocycles. The summed E-state index contributed by atoms with van der Waals surface area (Å²) in [6.45, 7) is 0. The molecule has 0 fully saturated rings. The van der Waals surface area contributed by atoms with Crippen molar-refractivity contribution in [3.05, 3.63) is 83.9 Å². The third-order valence-electron chi connectivity index (χ3n) is 4.58. The first-order valence-corrected chi connectivity index (χ1v) is 9.19. The van der Waals surface area contributed by atoms with E-state index in [9.17, 15) is 17.6 Å². The summed E-state index contributed by atoms with van der Waals surface area (Å²) >= 11 is 0. The van der Waals surface area contributed by atoms with Crippen molar-refractivity contribution in [2.75, 3.05) is 0 Å².